The molecule has 0 bridgehead atoms. The summed E-state index contributed by atoms with van der Waals surface area (Å²) in [6.45, 7) is 9.31. The lowest BCUT2D eigenvalue weighted by atomic mass is 9.91. The fourth-order valence-corrected chi connectivity index (χ4v) is 7.33. The quantitative estimate of drug-likeness (QED) is 0.194. The largest absolute Gasteiger partial charge is 0.479 e. The van der Waals surface area contributed by atoms with E-state index in [1.54, 1.807) is 18.4 Å². The highest BCUT2D eigenvalue weighted by Crippen LogP contribution is 2.45. The average molecular weight is 633 g/mol. The molecule has 8 nitrogen and oxygen atoms in total. The second-order valence-corrected chi connectivity index (χ2v) is 13.8. The van der Waals surface area contributed by atoms with Crippen molar-refractivity contribution in [1.29, 1.82) is 0 Å². The van der Waals surface area contributed by atoms with Crippen LogP contribution in [0.4, 0.5) is 5.82 Å². The zero-order valence-corrected chi connectivity index (χ0v) is 27.4. The van der Waals surface area contributed by atoms with E-state index in [4.69, 9.17) is 31.2 Å². The molecule has 1 unspecified atom stereocenters. The summed E-state index contributed by atoms with van der Waals surface area (Å²) in [6, 6.07) is 15.8. The molecule has 0 spiro atoms. The number of rotatable bonds is 7. The Morgan fingerprint density at radius 3 is 2.41 bits per heavy atom. The number of aromatic nitrogens is 3. The standard InChI is InChI=1S/C34H37ClN4O4S/c1-19-17-25-30(28(20-7-10-22(35)11-8-20)27(19)29(33(40)41)43-34(2,3)4)44-32(36-25)21-9-12-26-24(18-21)31(37-38(26)5)39-15-13-23(42-6)14-16-39/h7-12,17-18,23,29H,13-16H2,1-6H3,(H,40,41). The molecule has 0 radical (unpaired) electrons. The van der Waals surface area contributed by atoms with Gasteiger partial charge in [-0.05, 0) is 88.1 Å². The molecule has 3 heterocycles. The summed E-state index contributed by atoms with van der Waals surface area (Å²) in [7, 11) is 3.76. The number of thiazole rings is 1. The Balaban J connectivity index is 1.51. The molecule has 2 aromatic heterocycles. The van der Waals surface area contributed by atoms with Crippen LogP contribution in [0.25, 0.3) is 42.8 Å². The first-order valence-corrected chi connectivity index (χ1v) is 16.0. The first-order valence-electron chi connectivity index (χ1n) is 14.8. The summed E-state index contributed by atoms with van der Waals surface area (Å²) >= 11 is 7.82. The molecule has 1 atom stereocenters. The van der Waals surface area contributed by atoms with Gasteiger partial charge in [0.05, 0.1) is 27.4 Å². The number of ether oxygens (including phenoxy) is 2. The van der Waals surface area contributed by atoms with Crippen LogP contribution in [0.2, 0.25) is 5.02 Å². The number of carboxylic acids is 1. The number of nitrogens with zero attached hydrogens (tertiary/aromatic N) is 4. The molecular formula is C34H37ClN4O4S. The predicted molar refractivity (Wildman–Crippen MR) is 178 cm³/mol. The lowest BCUT2D eigenvalue weighted by Crippen LogP contribution is -2.37. The van der Waals surface area contributed by atoms with Gasteiger partial charge >= 0.3 is 5.97 Å². The summed E-state index contributed by atoms with van der Waals surface area (Å²) in [6.07, 6.45) is 1.07. The molecule has 5 aromatic rings. The van der Waals surface area contributed by atoms with Crippen LogP contribution in [0.5, 0.6) is 0 Å². The molecule has 0 amide bonds. The van der Waals surface area contributed by atoms with Crippen LogP contribution in [0.15, 0.2) is 48.5 Å². The zero-order chi connectivity index (χ0) is 31.3. The molecule has 230 valence electrons. The summed E-state index contributed by atoms with van der Waals surface area (Å²) in [4.78, 5) is 20.1. The molecule has 6 rings (SSSR count). The Morgan fingerprint density at radius 2 is 1.77 bits per heavy atom. The first kappa shape index (κ1) is 30.5. The maximum atomic E-state index is 12.7. The van der Waals surface area contributed by atoms with Crippen LogP contribution in [-0.4, -0.2) is 57.7 Å². The minimum atomic E-state index is -1.16. The van der Waals surface area contributed by atoms with Gasteiger partial charge in [-0.15, -0.1) is 11.3 Å². The number of aliphatic carboxylic acids is 1. The molecule has 0 saturated carbocycles. The Kier molecular flexibility index (Phi) is 8.17. The Morgan fingerprint density at radius 1 is 1.09 bits per heavy atom. The molecule has 1 aliphatic heterocycles. The molecule has 1 N–H and O–H groups in total. The SMILES string of the molecule is COC1CCN(c2nn(C)c3ccc(-c4nc5cc(C)c(C(OC(C)(C)C)C(=O)O)c(-c6ccc(Cl)cc6)c5s4)cc23)CC1. The van der Waals surface area contributed by atoms with Crippen molar-refractivity contribution in [3.8, 4) is 21.7 Å². The van der Waals surface area contributed by atoms with Gasteiger partial charge in [0, 0.05) is 54.3 Å². The van der Waals surface area contributed by atoms with Gasteiger partial charge in [-0.3, -0.25) is 4.68 Å². The maximum absolute atomic E-state index is 12.7. The molecule has 10 heteroatoms. The van der Waals surface area contributed by atoms with Crippen LogP contribution < -0.4 is 4.90 Å². The van der Waals surface area contributed by atoms with Gasteiger partial charge < -0.3 is 19.5 Å². The number of hydrogen-bond donors (Lipinski definition) is 1. The van der Waals surface area contributed by atoms with Crippen molar-refractivity contribution >= 4 is 55.8 Å². The lowest BCUT2D eigenvalue weighted by molar-refractivity contribution is -0.160. The van der Waals surface area contributed by atoms with E-state index in [0.717, 1.165) is 80.1 Å². The number of fused-ring (bicyclic) bond motifs is 2. The number of carbonyl (C=O) groups is 1. The van der Waals surface area contributed by atoms with Crippen molar-refractivity contribution in [1.82, 2.24) is 14.8 Å². The van der Waals surface area contributed by atoms with Crippen LogP contribution in [0.3, 0.4) is 0 Å². The van der Waals surface area contributed by atoms with E-state index >= 15 is 0 Å². The van der Waals surface area contributed by atoms with E-state index in [2.05, 4.69) is 23.1 Å². The van der Waals surface area contributed by atoms with Gasteiger partial charge in [-0.25, -0.2) is 9.78 Å². The van der Waals surface area contributed by atoms with Crippen LogP contribution >= 0.6 is 22.9 Å². The van der Waals surface area contributed by atoms with Gasteiger partial charge in [-0.1, -0.05) is 23.7 Å². The minimum absolute atomic E-state index is 0.289. The fourth-order valence-electron chi connectivity index (χ4n) is 6.08. The van der Waals surface area contributed by atoms with E-state index < -0.39 is 17.7 Å². The minimum Gasteiger partial charge on any atom is -0.479 e. The third-order valence-electron chi connectivity index (χ3n) is 8.17. The number of halogens is 1. The molecular weight excluding hydrogens is 596 g/mol. The van der Waals surface area contributed by atoms with E-state index in [1.165, 1.54) is 0 Å². The van der Waals surface area contributed by atoms with Crippen LogP contribution in [-0.2, 0) is 21.3 Å². The number of aryl methyl sites for hydroxylation is 2. The molecule has 1 aliphatic rings. The van der Waals surface area contributed by atoms with Gasteiger partial charge in [-0.2, -0.15) is 5.10 Å². The average Bonchev–Trinajstić information content (AvgIpc) is 3.56. The highest BCUT2D eigenvalue weighted by Gasteiger charge is 2.32. The van der Waals surface area contributed by atoms with Crippen molar-refractivity contribution in [3.63, 3.8) is 0 Å². The van der Waals surface area contributed by atoms with Crippen molar-refractivity contribution in [2.24, 2.45) is 7.05 Å². The van der Waals surface area contributed by atoms with E-state index in [0.29, 0.717) is 10.6 Å². The molecule has 44 heavy (non-hydrogen) atoms. The highest BCUT2D eigenvalue weighted by atomic mass is 35.5. The number of anilines is 1. The van der Waals surface area contributed by atoms with Crippen molar-refractivity contribution in [2.45, 2.75) is 58.3 Å². The number of methoxy groups -OCH3 is 1. The number of carboxylic acid groups (broad SMARTS) is 1. The Labute approximate surface area is 266 Å². The smallest absolute Gasteiger partial charge is 0.337 e. The van der Waals surface area contributed by atoms with E-state index in [-0.39, 0.29) is 6.10 Å². The van der Waals surface area contributed by atoms with Crippen molar-refractivity contribution in [3.05, 3.63) is 64.7 Å². The summed E-state index contributed by atoms with van der Waals surface area (Å²) in [5.41, 5.74) is 5.29. The molecule has 0 aliphatic carbocycles. The number of benzene rings is 3. The third kappa shape index (κ3) is 5.81. The second kappa shape index (κ2) is 11.8. The molecule has 1 saturated heterocycles. The van der Waals surface area contributed by atoms with E-state index in [9.17, 15) is 9.90 Å². The Hall–Kier alpha value is -3.50. The first-order chi connectivity index (χ1) is 20.9. The van der Waals surface area contributed by atoms with Gasteiger partial charge in [0.2, 0.25) is 0 Å². The molecule has 3 aromatic carbocycles. The Bertz CT molecular complexity index is 1850. The monoisotopic (exact) mass is 632 g/mol. The van der Waals surface area contributed by atoms with Gasteiger partial charge in [0.1, 0.15) is 5.01 Å². The fraction of sp³-hybridized carbons (Fsp3) is 0.382. The number of piperidine rings is 1. The topological polar surface area (TPSA) is 89.7 Å². The van der Waals surface area contributed by atoms with Crippen LogP contribution in [0, 0.1) is 6.92 Å². The zero-order valence-electron chi connectivity index (χ0n) is 25.8. The van der Waals surface area contributed by atoms with Crippen molar-refractivity contribution < 1.29 is 19.4 Å². The van der Waals surface area contributed by atoms with Gasteiger partial charge in [0.25, 0.3) is 0 Å². The summed E-state index contributed by atoms with van der Waals surface area (Å²) in [5.74, 6) is -0.0601. The van der Waals surface area contributed by atoms with E-state index in [1.807, 2.05) is 69.8 Å². The maximum Gasteiger partial charge on any atom is 0.337 e. The van der Waals surface area contributed by atoms with Gasteiger partial charge in [0.15, 0.2) is 11.9 Å². The highest BCUT2D eigenvalue weighted by molar-refractivity contribution is 7.22. The number of hydrogen-bond acceptors (Lipinski definition) is 7. The lowest BCUT2D eigenvalue weighted by Gasteiger charge is -2.31. The van der Waals surface area contributed by atoms with Crippen LogP contribution in [0.1, 0.15) is 50.8 Å². The molecule has 1 fully saturated rings. The predicted octanol–water partition coefficient (Wildman–Crippen LogP) is 8.03. The normalized spacial score (nSPS) is 15.4. The third-order valence-corrected chi connectivity index (χ3v) is 9.56. The second-order valence-electron chi connectivity index (χ2n) is 12.4. The van der Waals surface area contributed by atoms with Crippen molar-refractivity contribution in [2.75, 3.05) is 25.1 Å². The summed E-state index contributed by atoms with van der Waals surface area (Å²) in [5, 5.41) is 17.8. The summed E-state index contributed by atoms with van der Waals surface area (Å²) < 4.78 is 14.6.